The van der Waals surface area contributed by atoms with Crippen LogP contribution in [0.5, 0.6) is 5.75 Å². The first-order valence-electron chi connectivity index (χ1n) is 6.71. The molecule has 2 rings (SSSR count). The molecule has 0 spiro atoms. The van der Waals surface area contributed by atoms with E-state index in [1.54, 1.807) is 13.0 Å². The lowest BCUT2D eigenvalue weighted by molar-refractivity contribution is -0.137. The lowest BCUT2D eigenvalue weighted by Crippen LogP contribution is -2.37. The van der Waals surface area contributed by atoms with Gasteiger partial charge in [0.1, 0.15) is 12.3 Å². The number of benzene rings is 1. The van der Waals surface area contributed by atoms with Gasteiger partial charge in [0.15, 0.2) is 0 Å². The standard InChI is InChI=1S/C14H19NO5S/c1-10-7-12(5-6-13(10)20-2)21(18,19)15(9-14(16)17)8-11-3-4-11/h5-7,11H,3-4,8-9H2,1-2H3,(H,16,17). The number of ether oxygens (including phenoxy) is 1. The van der Waals surface area contributed by atoms with Crippen LogP contribution >= 0.6 is 0 Å². The molecule has 0 aromatic heterocycles. The number of carboxylic acids is 1. The summed E-state index contributed by atoms with van der Waals surface area (Å²) < 4.78 is 31.4. The van der Waals surface area contributed by atoms with E-state index in [2.05, 4.69) is 0 Å². The van der Waals surface area contributed by atoms with Crippen LogP contribution in [0, 0.1) is 12.8 Å². The molecule has 1 fully saturated rings. The highest BCUT2D eigenvalue weighted by Gasteiger charge is 2.33. The fourth-order valence-electron chi connectivity index (χ4n) is 2.15. The molecule has 116 valence electrons. The second-order valence-electron chi connectivity index (χ2n) is 5.27. The summed E-state index contributed by atoms with van der Waals surface area (Å²) in [6, 6.07) is 4.54. The second-order valence-corrected chi connectivity index (χ2v) is 7.20. The Bertz CT molecular complexity index is 637. The summed E-state index contributed by atoms with van der Waals surface area (Å²) in [5.74, 6) is -0.274. The number of hydrogen-bond acceptors (Lipinski definition) is 4. The van der Waals surface area contributed by atoms with Crippen molar-refractivity contribution in [3.05, 3.63) is 23.8 Å². The van der Waals surface area contributed by atoms with Crippen LogP contribution in [0.1, 0.15) is 18.4 Å². The van der Waals surface area contributed by atoms with Crippen molar-refractivity contribution < 1.29 is 23.1 Å². The van der Waals surface area contributed by atoms with Crippen LogP contribution in [0.3, 0.4) is 0 Å². The van der Waals surface area contributed by atoms with Gasteiger partial charge < -0.3 is 9.84 Å². The Labute approximate surface area is 124 Å². The van der Waals surface area contributed by atoms with Gasteiger partial charge in [-0.25, -0.2) is 8.42 Å². The van der Waals surface area contributed by atoms with Gasteiger partial charge in [0.05, 0.1) is 12.0 Å². The first-order chi connectivity index (χ1) is 9.84. The zero-order valence-corrected chi connectivity index (χ0v) is 12.9. The van der Waals surface area contributed by atoms with E-state index in [1.807, 2.05) is 0 Å². The molecule has 0 bridgehead atoms. The molecule has 7 heteroatoms. The van der Waals surface area contributed by atoms with Gasteiger partial charge in [-0.05, 0) is 49.4 Å². The quantitative estimate of drug-likeness (QED) is 0.824. The lowest BCUT2D eigenvalue weighted by Gasteiger charge is -2.20. The molecule has 21 heavy (non-hydrogen) atoms. The fraction of sp³-hybridized carbons (Fsp3) is 0.500. The molecule has 0 aliphatic heterocycles. The van der Waals surface area contributed by atoms with Crippen molar-refractivity contribution >= 4 is 16.0 Å². The number of carboxylic acid groups (broad SMARTS) is 1. The molecule has 0 atom stereocenters. The minimum Gasteiger partial charge on any atom is -0.496 e. The molecule has 1 aliphatic carbocycles. The van der Waals surface area contributed by atoms with E-state index in [-0.39, 0.29) is 17.4 Å². The number of carbonyl (C=O) groups is 1. The largest absolute Gasteiger partial charge is 0.496 e. The number of aryl methyl sites for hydroxylation is 1. The number of methoxy groups -OCH3 is 1. The molecular weight excluding hydrogens is 294 g/mol. The van der Waals surface area contributed by atoms with E-state index in [1.165, 1.54) is 19.2 Å². The summed E-state index contributed by atoms with van der Waals surface area (Å²) in [6.07, 6.45) is 1.90. The van der Waals surface area contributed by atoms with Gasteiger partial charge in [-0.15, -0.1) is 0 Å². The first-order valence-corrected chi connectivity index (χ1v) is 8.15. The van der Waals surface area contributed by atoms with Crippen LogP contribution in [-0.4, -0.2) is 44.0 Å². The third-order valence-electron chi connectivity index (χ3n) is 3.47. The van der Waals surface area contributed by atoms with Gasteiger partial charge >= 0.3 is 5.97 Å². The maximum atomic E-state index is 12.6. The SMILES string of the molecule is COc1ccc(S(=O)(=O)N(CC(=O)O)CC2CC2)cc1C. The van der Waals surface area contributed by atoms with Crippen molar-refractivity contribution in [2.24, 2.45) is 5.92 Å². The van der Waals surface area contributed by atoms with Gasteiger partial charge in [0.2, 0.25) is 10.0 Å². The molecule has 0 radical (unpaired) electrons. The summed E-state index contributed by atoms with van der Waals surface area (Å²) in [4.78, 5) is 11.0. The van der Waals surface area contributed by atoms with Gasteiger partial charge in [-0.3, -0.25) is 4.79 Å². The van der Waals surface area contributed by atoms with E-state index in [9.17, 15) is 13.2 Å². The Morgan fingerprint density at radius 1 is 1.43 bits per heavy atom. The smallest absolute Gasteiger partial charge is 0.318 e. The Morgan fingerprint density at radius 2 is 2.10 bits per heavy atom. The monoisotopic (exact) mass is 313 g/mol. The third-order valence-corrected chi connectivity index (χ3v) is 5.28. The second kappa shape index (κ2) is 6.03. The van der Waals surface area contributed by atoms with Crippen LogP contribution < -0.4 is 4.74 Å². The molecule has 6 nitrogen and oxygen atoms in total. The van der Waals surface area contributed by atoms with Crippen LogP contribution in [0.25, 0.3) is 0 Å². The van der Waals surface area contributed by atoms with Gasteiger partial charge in [0.25, 0.3) is 0 Å². The maximum Gasteiger partial charge on any atom is 0.318 e. The molecule has 0 unspecified atom stereocenters. The van der Waals surface area contributed by atoms with E-state index in [0.29, 0.717) is 11.3 Å². The number of sulfonamides is 1. The van der Waals surface area contributed by atoms with Crippen LogP contribution in [0.4, 0.5) is 0 Å². The fourth-order valence-corrected chi connectivity index (χ4v) is 3.70. The minimum absolute atomic E-state index is 0.0997. The number of nitrogens with zero attached hydrogens (tertiary/aromatic N) is 1. The normalized spacial score (nSPS) is 15.2. The summed E-state index contributed by atoms with van der Waals surface area (Å²) in [5, 5.41) is 8.94. The van der Waals surface area contributed by atoms with Crippen molar-refractivity contribution in [3.8, 4) is 5.75 Å². The summed E-state index contributed by atoms with van der Waals surface area (Å²) >= 11 is 0. The van der Waals surface area contributed by atoms with E-state index >= 15 is 0 Å². The zero-order valence-electron chi connectivity index (χ0n) is 12.1. The highest BCUT2D eigenvalue weighted by molar-refractivity contribution is 7.89. The summed E-state index contributed by atoms with van der Waals surface area (Å²) in [5.41, 5.74) is 0.695. The van der Waals surface area contributed by atoms with Crippen LogP contribution in [0.15, 0.2) is 23.1 Å². The molecular formula is C14H19NO5S. The number of hydrogen-bond donors (Lipinski definition) is 1. The zero-order chi connectivity index (χ0) is 15.6. The minimum atomic E-state index is -3.80. The molecule has 1 aliphatic rings. The van der Waals surface area contributed by atoms with Crippen LogP contribution in [-0.2, 0) is 14.8 Å². The van der Waals surface area contributed by atoms with E-state index in [0.717, 1.165) is 17.1 Å². The molecule has 1 aromatic rings. The molecule has 0 amide bonds. The van der Waals surface area contributed by atoms with Gasteiger partial charge in [-0.2, -0.15) is 4.31 Å². The predicted octanol–water partition coefficient (Wildman–Crippen LogP) is 1.49. The Kier molecular flexibility index (Phi) is 4.53. The molecule has 1 aromatic carbocycles. The predicted molar refractivity (Wildman–Crippen MR) is 76.8 cm³/mol. The van der Waals surface area contributed by atoms with Gasteiger partial charge in [-0.1, -0.05) is 0 Å². The average Bonchev–Trinajstić information content (AvgIpc) is 3.21. The molecule has 1 N–H and O–H groups in total. The topological polar surface area (TPSA) is 83.9 Å². The molecule has 1 saturated carbocycles. The third kappa shape index (κ3) is 3.74. The van der Waals surface area contributed by atoms with Crippen LogP contribution in [0.2, 0.25) is 0 Å². The number of rotatable bonds is 7. The Morgan fingerprint density at radius 3 is 2.57 bits per heavy atom. The van der Waals surface area contributed by atoms with Crippen molar-refractivity contribution in [1.82, 2.24) is 4.31 Å². The molecule has 0 heterocycles. The Hall–Kier alpha value is -1.60. The average molecular weight is 313 g/mol. The summed E-state index contributed by atoms with van der Waals surface area (Å²) in [7, 11) is -2.29. The van der Waals surface area contributed by atoms with Crippen molar-refractivity contribution in [2.45, 2.75) is 24.7 Å². The summed E-state index contributed by atoms with van der Waals surface area (Å²) in [6.45, 7) is 1.50. The molecule has 0 saturated heterocycles. The van der Waals surface area contributed by atoms with E-state index in [4.69, 9.17) is 9.84 Å². The Balaban J connectivity index is 2.31. The maximum absolute atomic E-state index is 12.6. The van der Waals surface area contributed by atoms with Crippen molar-refractivity contribution in [3.63, 3.8) is 0 Å². The highest BCUT2D eigenvalue weighted by atomic mass is 32.2. The lowest BCUT2D eigenvalue weighted by atomic mass is 10.2. The van der Waals surface area contributed by atoms with E-state index < -0.39 is 22.5 Å². The highest BCUT2D eigenvalue weighted by Crippen LogP contribution is 2.32. The van der Waals surface area contributed by atoms with Gasteiger partial charge in [0, 0.05) is 6.54 Å². The van der Waals surface area contributed by atoms with Crippen molar-refractivity contribution in [1.29, 1.82) is 0 Å². The first kappa shape index (κ1) is 15.8. The van der Waals surface area contributed by atoms with Crippen molar-refractivity contribution in [2.75, 3.05) is 20.2 Å². The number of aliphatic carboxylic acids is 1.